The van der Waals surface area contributed by atoms with Gasteiger partial charge in [0, 0.05) is 11.6 Å². The normalized spacial score (nSPS) is 12.3. The van der Waals surface area contributed by atoms with Gasteiger partial charge < -0.3 is 10.1 Å². The first-order chi connectivity index (χ1) is 8.52. The smallest absolute Gasteiger partial charge is 0.251 e. The summed E-state index contributed by atoms with van der Waals surface area (Å²) in [5.41, 5.74) is 0.675. The number of ether oxygens (including phenoxy) is 1. The molecule has 1 amide bonds. The molecule has 0 aliphatic rings. The second-order valence-corrected chi connectivity index (χ2v) is 4.96. The molecule has 0 unspecified atom stereocenters. The fraction of sp³-hybridized carbons (Fsp3) is 0.533. The van der Waals surface area contributed by atoms with Crippen molar-refractivity contribution in [3.05, 3.63) is 29.8 Å². The van der Waals surface area contributed by atoms with Gasteiger partial charge in [-0.2, -0.15) is 0 Å². The minimum absolute atomic E-state index is 0.0220. The highest BCUT2D eigenvalue weighted by molar-refractivity contribution is 5.94. The van der Waals surface area contributed by atoms with Crippen LogP contribution in [0.15, 0.2) is 24.3 Å². The highest BCUT2D eigenvalue weighted by atomic mass is 16.5. The predicted molar refractivity (Wildman–Crippen MR) is 74.0 cm³/mol. The first-order valence-electron chi connectivity index (χ1n) is 6.56. The topological polar surface area (TPSA) is 38.3 Å². The van der Waals surface area contributed by atoms with E-state index in [1.807, 2.05) is 26.0 Å². The maximum atomic E-state index is 12.0. The summed E-state index contributed by atoms with van der Waals surface area (Å²) in [6.45, 7) is 8.91. The minimum atomic E-state index is -0.0220. The summed E-state index contributed by atoms with van der Waals surface area (Å²) in [4.78, 5) is 12.0. The SMILES string of the molecule is CCOc1ccc(C(=O)N[C@@H](C)CC(C)C)cc1. The lowest BCUT2D eigenvalue weighted by molar-refractivity contribution is 0.0936. The molecule has 1 aromatic rings. The Balaban J connectivity index is 2.56. The number of hydrogen-bond acceptors (Lipinski definition) is 2. The van der Waals surface area contributed by atoms with E-state index < -0.39 is 0 Å². The number of carbonyl (C=O) groups excluding carboxylic acids is 1. The maximum Gasteiger partial charge on any atom is 0.251 e. The Bertz CT molecular complexity index is 371. The van der Waals surface area contributed by atoms with Gasteiger partial charge in [0.05, 0.1) is 6.61 Å². The molecule has 18 heavy (non-hydrogen) atoms. The first kappa shape index (κ1) is 14.6. The van der Waals surface area contributed by atoms with E-state index in [2.05, 4.69) is 19.2 Å². The highest BCUT2D eigenvalue weighted by Gasteiger charge is 2.10. The summed E-state index contributed by atoms with van der Waals surface area (Å²) >= 11 is 0. The lowest BCUT2D eigenvalue weighted by atomic mass is 10.0. The molecule has 0 saturated carbocycles. The minimum Gasteiger partial charge on any atom is -0.494 e. The van der Waals surface area contributed by atoms with Crippen molar-refractivity contribution in [1.29, 1.82) is 0 Å². The number of amides is 1. The van der Waals surface area contributed by atoms with Crippen LogP contribution in [0.4, 0.5) is 0 Å². The highest BCUT2D eigenvalue weighted by Crippen LogP contribution is 2.12. The average molecular weight is 249 g/mol. The maximum absolute atomic E-state index is 12.0. The molecular formula is C15H23NO2. The van der Waals surface area contributed by atoms with Crippen molar-refractivity contribution in [2.24, 2.45) is 5.92 Å². The van der Waals surface area contributed by atoms with Gasteiger partial charge in [-0.3, -0.25) is 4.79 Å². The van der Waals surface area contributed by atoms with Gasteiger partial charge in [0.25, 0.3) is 5.91 Å². The van der Waals surface area contributed by atoms with E-state index in [1.54, 1.807) is 12.1 Å². The largest absolute Gasteiger partial charge is 0.494 e. The molecule has 0 radical (unpaired) electrons. The third-order valence-electron chi connectivity index (χ3n) is 2.63. The summed E-state index contributed by atoms with van der Waals surface area (Å²) < 4.78 is 5.34. The fourth-order valence-electron chi connectivity index (χ4n) is 1.94. The van der Waals surface area contributed by atoms with E-state index in [9.17, 15) is 4.79 Å². The Kier molecular flexibility index (Phi) is 5.69. The van der Waals surface area contributed by atoms with Crippen molar-refractivity contribution in [3.8, 4) is 5.75 Å². The number of carbonyl (C=O) groups is 1. The van der Waals surface area contributed by atoms with Crippen LogP contribution in [-0.4, -0.2) is 18.6 Å². The summed E-state index contributed by atoms with van der Waals surface area (Å²) in [6.07, 6.45) is 0.989. The summed E-state index contributed by atoms with van der Waals surface area (Å²) in [7, 11) is 0. The lowest BCUT2D eigenvalue weighted by Crippen LogP contribution is -2.33. The third-order valence-corrected chi connectivity index (χ3v) is 2.63. The van der Waals surface area contributed by atoms with E-state index >= 15 is 0 Å². The molecular weight excluding hydrogens is 226 g/mol. The monoisotopic (exact) mass is 249 g/mol. The Morgan fingerprint density at radius 2 is 1.83 bits per heavy atom. The molecule has 100 valence electrons. The molecule has 3 nitrogen and oxygen atoms in total. The fourth-order valence-corrected chi connectivity index (χ4v) is 1.94. The van der Waals surface area contributed by atoms with Crippen LogP contribution >= 0.6 is 0 Å². The van der Waals surface area contributed by atoms with E-state index in [4.69, 9.17) is 4.74 Å². The zero-order chi connectivity index (χ0) is 13.5. The number of rotatable bonds is 6. The van der Waals surface area contributed by atoms with Gasteiger partial charge in [0.15, 0.2) is 0 Å². The van der Waals surface area contributed by atoms with Crippen LogP contribution in [0.5, 0.6) is 5.75 Å². The molecule has 0 saturated heterocycles. The van der Waals surface area contributed by atoms with Crippen molar-refractivity contribution in [1.82, 2.24) is 5.32 Å². The quantitative estimate of drug-likeness (QED) is 0.840. The van der Waals surface area contributed by atoms with Gasteiger partial charge in [0.2, 0.25) is 0 Å². The van der Waals surface area contributed by atoms with E-state index in [1.165, 1.54) is 0 Å². The van der Waals surface area contributed by atoms with Gasteiger partial charge in [-0.1, -0.05) is 13.8 Å². The van der Waals surface area contributed by atoms with Crippen molar-refractivity contribution >= 4 is 5.91 Å². The van der Waals surface area contributed by atoms with Crippen LogP contribution in [0.3, 0.4) is 0 Å². The van der Waals surface area contributed by atoms with Gasteiger partial charge in [0.1, 0.15) is 5.75 Å². The van der Waals surface area contributed by atoms with Crippen molar-refractivity contribution in [2.45, 2.75) is 40.2 Å². The van der Waals surface area contributed by atoms with E-state index in [0.717, 1.165) is 12.2 Å². The van der Waals surface area contributed by atoms with Gasteiger partial charge in [-0.25, -0.2) is 0 Å². The Morgan fingerprint density at radius 1 is 1.22 bits per heavy atom. The van der Waals surface area contributed by atoms with Crippen molar-refractivity contribution < 1.29 is 9.53 Å². The van der Waals surface area contributed by atoms with Crippen LogP contribution < -0.4 is 10.1 Å². The molecule has 1 aromatic carbocycles. The standard InChI is InChI=1S/C15H23NO2/c1-5-18-14-8-6-13(7-9-14)15(17)16-12(4)10-11(2)3/h6-9,11-12H,5,10H2,1-4H3,(H,16,17)/t12-/m0/s1. The molecule has 0 aliphatic carbocycles. The van der Waals surface area contributed by atoms with Crippen LogP contribution in [0.2, 0.25) is 0 Å². The third kappa shape index (κ3) is 4.78. The molecule has 1 N–H and O–H groups in total. The van der Waals surface area contributed by atoms with E-state index in [-0.39, 0.29) is 11.9 Å². The van der Waals surface area contributed by atoms with Gasteiger partial charge >= 0.3 is 0 Å². The molecule has 0 bridgehead atoms. The van der Waals surface area contributed by atoms with Crippen molar-refractivity contribution in [3.63, 3.8) is 0 Å². The number of nitrogens with one attached hydrogen (secondary N) is 1. The summed E-state index contributed by atoms with van der Waals surface area (Å²) in [6, 6.07) is 7.44. The molecule has 3 heteroatoms. The molecule has 0 heterocycles. The zero-order valence-corrected chi connectivity index (χ0v) is 11.7. The Hall–Kier alpha value is -1.51. The molecule has 1 rings (SSSR count). The Morgan fingerprint density at radius 3 is 2.33 bits per heavy atom. The summed E-state index contributed by atoms with van der Waals surface area (Å²) in [5.74, 6) is 1.36. The molecule has 0 aromatic heterocycles. The van der Waals surface area contributed by atoms with Crippen LogP contribution in [0, 0.1) is 5.92 Å². The second-order valence-electron chi connectivity index (χ2n) is 4.96. The van der Waals surface area contributed by atoms with Crippen LogP contribution in [-0.2, 0) is 0 Å². The molecule has 0 spiro atoms. The number of hydrogen-bond donors (Lipinski definition) is 1. The van der Waals surface area contributed by atoms with Gasteiger partial charge in [-0.15, -0.1) is 0 Å². The van der Waals surface area contributed by atoms with Crippen LogP contribution in [0.1, 0.15) is 44.5 Å². The van der Waals surface area contributed by atoms with Crippen LogP contribution in [0.25, 0.3) is 0 Å². The van der Waals surface area contributed by atoms with Crippen molar-refractivity contribution in [2.75, 3.05) is 6.61 Å². The Labute approximate surface area is 110 Å². The molecule has 0 fully saturated rings. The summed E-state index contributed by atoms with van der Waals surface area (Å²) in [5, 5.41) is 3.00. The molecule has 1 atom stereocenters. The second kappa shape index (κ2) is 7.04. The predicted octanol–water partition coefficient (Wildman–Crippen LogP) is 3.25. The zero-order valence-electron chi connectivity index (χ0n) is 11.7. The first-order valence-corrected chi connectivity index (χ1v) is 6.56. The molecule has 0 aliphatic heterocycles. The average Bonchev–Trinajstić information content (AvgIpc) is 2.29. The lowest BCUT2D eigenvalue weighted by Gasteiger charge is -2.16. The van der Waals surface area contributed by atoms with Gasteiger partial charge in [-0.05, 0) is 50.5 Å². The number of benzene rings is 1. The van der Waals surface area contributed by atoms with E-state index in [0.29, 0.717) is 18.1 Å².